The van der Waals surface area contributed by atoms with Gasteiger partial charge in [-0.15, -0.1) is 0 Å². The number of hydrogen-bond donors (Lipinski definition) is 3. The molecule has 3 N–H and O–H groups in total. The fraction of sp³-hybridized carbons (Fsp3) is 0.241. The summed E-state index contributed by atoms with van der Waals surface area (Å²) in [4.78, 5) is 15.2. The van der Waals surface area contributed by atoms with Crippen LogP contribution < -0.4 is 15.5 Å². The minimum absolute atomic E-state index is 0.866. The Kier molecular flexibility index (Phi) is 6.53. The summed E-state index contributed by atoms with van der Waals surface area (Å²) >= 11 is 0. The van der Waals surface area contributed by atoms with Crippen molar-refractivity contribution >= 4 is 44.7 Å². The van der Waals surface area contributed by atoms with Crippen molar-refractivity contribution < 1.29 is 0 Å². The Morgan fingerprint density at radius 1 is 0.829 bits per heavy atom. The zero-order valence-corrected chi connectivity index (χ0v) is 20.6. The van der Waals surface area contributed by atoms with Gasteiger partial charge in [-0.3, -0.25) is 4.98 Å². The third-order valence-corrected chi connectivity index (χ3v) is 6.29. The van der Waals surface area contributed by atoms with Crippen LogP contribution in [0.3, 0.4) is 0 Å². The van der Waals surface area contributed by atoms with Crippen LogP contribution in [-0.2, 0) is 0 Å². The van der Waals surface area contributed by atoms with Crippen LogP contribution in [0.15, 0.2) is 72.9 Å². The lowest BCUT2D eigenvalue weighted by molar-refractivity contribution is 0.745. The fourth-order valence-electron chi connectivity index (χ4n) is 4.52. The highest BCUT2D eigenvalue weighted by molar-refractivity contribution is 5.95. The van der Waals surface area contributed by atoms with Gasteiger partial charge in [0.2, 0.25) is 0 Å². The number of imidazole rings is 1. The van der Waals surface area contributed by atoms with E-state index in [0.717, 1.165) is 76.3 Å². The highest BCUT2D eigenvalue weighted by atomic mass is 15.1. The van der Waals surface area contributed by atoms with E-state index in [1.807, 2.05) is 31.4 Å². The van der Waals surface area contributed by atoms with Crippen LogP contribution in [0.4, 0.5) is 22.7 Å². The number of nitrogens with one attached hydrogen (secondary N) is 3. The molecular weight excluding hydrogens is 432 g/mol. The molecule has 178 valence electrons. The van der Waals surface area contributed by atoms with Crippen molar-refractivity contribution in [2.75, 3.05) is 35.7 Å². The van der Waals surface area contributed by atoms with E-state index in [4.69, 9.17) is 4.98 Å². The number of nitrogens with zero attached hydrogens (tertiary/aromatic N) is 3. The molecule has 5 aromatic rings. The second kappa shape index (κ2) is 10.1. The molecule has 2 aromatic heterocycles. The first-order valence-corrected chi connectivity index (χ1v) is 12.4. The van der Waals surface area contributed by atoms with Gasteiger partial charge in [0, 0.05) is 60.0 Å². The molecule has 2 heterocycles. The number of aromatic amines is 1. The molecule has 0 saturated carbocycles. The Labute approximate surface area is 206 Å². The molecule has 0 atom stereocenters. The van der Waals surface area contributed by atoms with Gasteiger partial charge in [-0.1, -0.05) is 13.8 Å². The first-order chi connectivity index (χ1) is 17.2. The number of hydrogen-bond acceptors (Lipinski definition) is 5. The summed E-state index contributed by atoms with van der Waals surface area (Å²) in [6.45, 7) is 6.57. The average Bonchev–Trinajstić information content (AvgIpc) is 3.32. The van der Waals surface area contributed by atoms with Crippen LogP contribution in [0.25, 0.3) is 33.3 Å². The Hall–Kier alpha value is -4.06. The minimum atomic E-state index is 0.866. The third-order valence-electron chi connectivity index (χ3n) is 6.29. The molecule has 0 radical (unpaired) electrons. The van der Waals surface area contributed by atoms with Gasteiger partial charge >= 0.3 is 0 Å². The number of anilines is 4. The fourth-order valence-corrected chi connectivity index (χ4v) is 4.52. The van der Waals surface area contributed by atoms with Crippen LogP contribution >= 0.6 is 0 Å². The maximum absolute atomic E-state index is 4.75. The van der Waals surface area contributed by atoms with Crippen molar-refractivity contribution in [1.82, 2.24) is 15.0 Å². The molecule has 0 fully saturated rings. The van der Waals surface area contributed by atoms with Crippen LogP contribution in [0, 0.1) is 0 Å². The summed E-state index contributed by atoms with van der Waals surface area (Å²) in [6.07, 6.45) is 4.12. The van der Waals surface area contributed by atoms with E-state index in [0.29, 0.717) is 0 Å². The van der Waals surface area contributed by atoms with E-state index < -0.39 is 0 Å². The van der Waals surface area contributed by atoms with Crippen molar-refractivity contribution in [2.45, 2.75) is 26.7 Å². The molecule has 0 unspecified atom stereocenters. The Bertz CT molecular complexity index is 1430. The molecule has 35 heavy (non-hydrogen) atoms. The maximum Gasteiger partial charge on any atom is 0.138 e. The maximum atomic E-state index is 4.75. The van der Waals surface area contributed by atoms with Crippen LogP contribution in [0.2, 0.25) is 0 Å². The number of aromatic nitrogens is 3. The molecule has 0 aliphatic carbocycles. The molecular formula is C29H32N6. The summed E-state index contributed by atoms with van der Waals surface area (Å²) < 4.78 is 0. The molecule has 0 aliphatic rings. The standard InChI is InChI=1S/C29H32N6/c1-4-16-35(17-5-2)23-11-13-25-24(19-23)26(14-15-31-25)32-21-8-6-20(7-9-21)29-33-27-12-10-22(30-3)18-28(27)34-29/h6-15,18-19,30H,4-5,16-17H2,1-3H3,(H,31,32)(H,33,34). The lowest BCUT2D eigenvalue weighted by Crippen LogP contribution is -2.24. The van der Waals surface area contributed by atoms with Gasteiger partial charge in [-0.05, 0) is 79.6 Å². The SMILES string of the molecule is CCCN(CCC)c1ccc2nccc(Nc3ccc(-c4nc5ccc(NC)cc5[nH]4)cc3)c2c1. The third kappa shape index (κ3) is 4.78. The second-order valence-corrected chi connectivity index (χ2v) is 8.82. The highest BCUT2D eigenvalue weighted by Gasteiger charge is 2.10. The van der Waals surface area contributed by atoms with Crippen LogP contribution in [0.5, 0.6) is 0 Å². The highest BCUT2D eigenvalue weighted by Crippen LogP contribution is 2.30. The molecule has 3 aromatic carbocycles. The summed E-state index contributed by atoms with van der Waals surface area (Å²) in [5, 5.41) is 7.90. The molecule has 0 amide bonds. The van der Waals surface area contributed by atoms with Gasteiger partial charge < -0.3 is 20.5 Å². The zero-order chi connectivity index (χ0) is 24.2. The minimum Gasteiger partial charge on any atom is -0.388 e. The first-order valence-electron chi connectivity index (χ1n) is 12.4. The van der Waals surface area contributed by atoms with Crippen molar-refractivity contribution in [1.29, 1.82) is 0 Å². The first kappa shape index (κ1) is 22.7. The average molecular weight is 465 g/mol. The van der Waals surface area contributed by atoms with Gasteiger partial charge in [0.25, 0.3) is 0 Å². The molecule has 6 heteroatoms. The van der Waals surface area contributed by atoms with E-state index in [2.05, 4.69) is 87.9 Å². The van der Waals surface area contributed by atoms with Crippen molar-refractivity contribution in [3.63, 3.8) is 0 Å². The summed E-state index contributed by atoms with van der Waals surface area (Å²) in [7, 11) is 1.92. The smallest absolute Gasteiger partial charge is 0.138 e. The molecule has 0 saturated heterocycles. The lowest BCUT2D eigenvalue weighted by atomic mass is 10.1. The molecule has 0 spiro atoms. The van der Waals surface area contributed by atoms with Crippen LogP contribution in [-0.4, -0.2) is 35.1 Å². The topological polar surface area (TPSA) is 68.9 Å². The monoisotopic (exact) mass is 464 g/mol. The van der Waals surface area contributed by atoms with E-state index in [1.165, 1.54) is 5.69 Å². The van der Waals surface area contributed by atoms with E-state index in [1.54, 1.807) is 0 Å². The lowest BCUT2D eigenvalue weighted by Gasteiger charge is -2.24. The number of fused-ring (bicyclic) bond motifs is 2. The largest absolute Gasteiger partial charge is 0.388 e. The molecule has 6 nitrogen and oxygen atoms in total. The van der Waals surface area contributed by atoms with E-state index in [-0.39, 0.29) is 0 Å². The Morgan fingerprint density at radius 3 is 2.31 bits per heavy atom. The number of pyridine rings is 1. The van der Waals surface area contributed by atoms with Crippen molar-refractivity contribution in [3.05, 3.63) is 72.9 Å². The number of benzene rings is 3. The summed E-state index contributed by atoms with van der Waals surface area (Å²) in [6, 6.07) is 23.1. The van der Waals surface area contributed by atoms with Crippen molar-refractivity contribution in [3.8, 4) is 11.4 Å². The summed E-state index contributed by atoms with van der Waals surface area (Å²) in [5.74, 6) is 0.866. The van der Waals surface area contributed by atoms with E-state index >= 15 is 0 Å². The summed E-state index contributed by atoms with van der Waals surface area (Å²) in [5.41, 5.74) is 8.42. The molecule has 5 rings (SSSR count). The quantitative estimate of drug-likeness (QED) is 0.215. The Morgan fingerprint density at radius 2 is 1.57 bits per heavy atom. The van der Waals surface area contributed by atoms with E-state index in [9.17, 15) is 0 Å². The van der Waals surface area contributed by atoms with Gasteiger partial charge in [-0.25, -0.2) is 4.98 Å². The Balaban J connectivity index is 1.41. The normalized spacial score (nSPS) is 11.2. The number of H-pyrrole nitrogens is 1. The van der Waals surface area contributed by atoms with Gasteiger partial charge in [0.05, 0.1) is 16.6 Å². The zero-order valence-electron chi connectivity index (χ0n) is 20.6. The van der Waals surface area contributed by atoms with Gasteiger partial charge in [0.1, 0.15) is 5.82 Å². The van der Waals surface area contributed by atoms with Gasteiger partial charge in [0.15, 0.2) is 0 Å². The van der Waals surface area contributed by atoms with Crippen molar-refractivity contribution in [2.24, 2.45) is 0 Å². The number of rotatable bonds is 9. The predicted molar refractivity (Wildman–Crippen MR) is 149 cm³/mol. The second-order valence-electron chi connectivity index (χ2n) is 8.82. The molecule has 0 bridgehead atoms. The van der Waals surface area contributed by atoms with Gasteiger partial charge in [-0.2, -0.15) is 0 Å². The molecule has 0 aliphatic heterocycles. The predicted octanol–water partition coefficient (Wildman–Crippen LogP) is 7.19. The van der Waals surface area contributed by atoms with Crippen LogP contribution in [0.1, 0.15) is 26.7 Å².